The van der Waals surface area contributed by atoms with E-state index in [1.165, 1.54) is 0 Å². The molecule has 2 N–H and O–H groups in total. The van der Waals surface area contributed by atoms with Crippen molar-refractivity contribution in [2.24, 2.45) is 10.8 Å². The van der Waals surface area contributed by atoms with Crippen LogP contribution in [-0.4, -0.2) is 10.1 Å². The number of fused-ring (bicyclic) bond motifs is 1. The quantitative estimate of drug-likeness (QED) is 0.781. The third-order valence-corrected chi connectivity index (χ3v) is 4.60. The Balaban J connectivity index is 2.14. The van der Waals surface area contributed by atoms with Gasteiger partial charge in [-0.1, -0.05) is 39.8 Å². The average molecular weight is 271 g/mol. The van der Waals surface area contributed by atoms with Crippen LogP contribution in [0.1, 0.15) is 52.5 Å². The van der Waals surface area contributed by atoms with Crippen LogP contribution in [0.3, 0.4) is 0 Å². The molecule has 1 fully saturated rings. The molecule has 0 bridgehead atoms. The molecule has 1 saturated carbocycles. The lowest BCUT2D eigenvalue weighted by Crippen LogP contribution is -2.44. The van der Waals surface area contributed by atoms with E-state index in [9.17, 15) is 5.11 Å². The smallest absolute Gasteiger partial charge is 0.0913 e. The maximum Gasteiger partial charge on any atom is 0.0913 e. The summed E-state index contributed by atoms with van der Waals surface area (Å²) in [5.41, 5.74) is 1.78. The number of nitrogens with one attached hydrogen (secondary N) is 1. The van der Waals surface area contributed by atoms with Gasteiger partial charge in [-0.2, -0.15) is 0 Å². The van der Waals surface area contributed by atoms with Crippen molar-refractivity contribution in [1.29, 1.82) is 0 Å². The fraction of sp³-hybridized carbons (Fsp3) is 0.556. The SMILES string of the molecule is CC1(C)CC(C)(C)CC(O)(c2cccc3[nH]ccc23)C1. The van der Waals surface area contributed by atoms with Gasteiger partial charge in [0.25, 0.3) is 0 Å². The van der Waals surface area contributed by atoms with Gasteiger partial charge in [0.05, 0.1) is 5.60 Å². The Kier molecular flexibility index (Phi) is 2.81. The van der Waals surface area contributed by atoms with Gasteiger partial charge in [-0.25, -0.2) is 0 Å². The van der Waals surface area contributed by atoms with E-state index in [0.717, 1.165) is 35.7 Å². The Labute approximate surface area is 121 Å². The Morgan fingerprint density at radius 2 is 1.60 bits per heavy atom. The number of benzene rings is 1. The molecule has 1 heterocycles. The summed E-state index contributed by atoms with van der Waals surface area (Å²) in [6, 6.07) is 8.28. The fourth-order valence-corrected chi connectivity index (χ4v) is 4.75. The van der Waals surface area contributed by atoms with Crippen LogP contribution < -0.4 is 0 Å². The van der Waals surface area contributed by atoms with Crippen molar-refractivity contribution in [2.45, 2.75) is 52.6 Å². The molecule has 0 aliphatic heterocycles. The molecule has 20 heavy (non-hydrogen) atoms. The molecule has 0 spiro atoms. The largest absolute Gasteiger partial charge is 0.385 e. The Morgan fingerprint density at radius 3 is 2.25 bits per heavy atom. The molecule has 0 atom stereocenters. The van der Waals surface area contributed by atoms with Crippen LogP contribution in [0.4, 0.5) is 0 Å². The van der Waals surface area contributed by atoms with E-state index in [4.69, 9.17) is 0 Å². The lowest BCUT2D eigenvalue weighted by atomic mass is 9.58. The summed E-state index contributed by atoms with van der Waals surface area (Å²) in [5.74, 6) is 0. The predicted molar refractivity (Wildman–Crippen MR) is 83.6 cm³/mol. The standard InChI is InChI=1S/C18H25NO/c1-16(2)10-17(3,4)12-18(20,11-16)14-6-5-7-15-13(14)8-9-19-15/h5-9,19-20H,10-12H2,1-4H3. The second-order valence-corrected chi connectivity index (χ2v) is 8.13. The number of H-pyrrole nitrogens is 1. The average Bonchev–Trinajstić information content (AvgIpc) is 2.70. The maximum absolute atomic E-state index is 11.4. The number of hydrogen-bond acceptors (Lipinski definition) is 1. The predicted octanol–water partition coefficient (Wildman–Crippen LogP) is 4.59. The van der Waals surface area contributed by atoms with Crippen molar-refractivity contribution in [3.8, 4) is 0 Å². The highest BCUT2D eigenvalue weighted by molar-refractivity contribution is 5.83. The highest BCUT2D eigenvalue weighted by atomic mass is 16.3. The van der Waals surface area contributed by atoms with E-state index in [2.05, 4.69) is 50.9 Å². The molecular formula is C18H25NO. The lowest BCUT2D eigenvalue weighted by molar-refractivity contribution is -0.0903. The van der Waals surface area contributed by atoms with Crippen LogP contribution >= 0.6 is 0 Å². The summed E-state index contributed by atoms with van der Waals surface area (Å²) >= 11 is 0. The van der Waals surface area contributed by atoms with Crippen LogP contribution in [0.15, 0.2) is 30.5 Å². The second-order valence-electron chi connectivity index (χ2n) is 8.13. The van der Waals surface area contributed by atoms with E-state index in [1.807, 2.05) is 12.3 Å². The van der Waals surface area contributed by atoms with E-state index < -0.39 is 5.60 Å². The van der Waals surface area contributed by atoms with Crippen molar-refractivity contribution in [1.82, 2.24) is 4.98 Å². The zero-order valence-corrected chi connectivity index (χ0v) is 13.0. The minimum absolute atomic E-state index is 0.162. The molecule has 2 heteroatoms. The third-order valence-electron chi connectivity index (χ3n) is 4.60. The Morgan fingerprint density at radius 1 is 0.950 bits per heavy atom. The number of aliphatic hydroxyl groups is 1. The van der Waals surface area contributed by atoms with E-state index in [-0.39, 0.29) is 10.8 Å². The number of hydrogen-bond donors (Lipinski definition) is 2. The molecule has 1 aromatic carbocycles. The van der Waals surface area contributed by atoms with Crippen molar-refractivity contribution in [3.63, 3.8) is 0 Å². The summed E-state index contributed by atoms with van der Waals surface area (Å²) in [6.45, 7) is 9.10. The molecule has 0 amide bonds. The van der Waals surface area contributed by atoms with Gasteiger partial charge >= 0.3 is 0 Å². The molecule has 0 radical (unpaired) electrons. The first kappa shape index (κ1) is 13.7. The normalized spacial score (nSPS) is 23.9. The summed E-state index contributed by atoms with van der Waals surface area (Å²) in [4.78, 5) is 3.25. The maximum atomic E-state index is 11.4. The first-order chi connectivity index (χ1) is 9.21. The summed E-state index contributed by atoms with van der Waals surface area (Å²) in [6.07, 6.45) is 4.77. The van der Waals surface area contributed by atoms with E-state index in [0.29, 0.717) is 0 Å². The van der Waals surface area contributed by atoms with Gasteiger partial charge < -0.3 is 10.1 Å². The highest BCUT2D eigenvalue weighted by Gasteiger charge is 2.47. The van der Waals surface area contributed by atoms with Crippen LogP contribution in [-0.2, 0) is 5.60 Å². The second kappa shape index (κ2) is 4.11. The highest BCUT2D eigenvalue weighted by Crippen LogP contribution is 2.54. The van der Waals surface area contributed by atoms with Gasteiger partial charge in [0.2, 0.25) is 0 Å². The van der Waals surface area contributed by atoms with E-state index >= 15 is 0 Å². The third kappa shape index (κ3) is 2.26. The van der Waals surface area contributed by atoms with Gasteiger partial charge in [0.15, 0.2) is 0 Å². The molecule has 108 valence electrons. The van der Waals surface area contributed by atoms with Crippen LogP contribution in [0.2, 0.25) is 0 Å². The zero-order chi connectivity index (χ0) is 14.6. The van der Waals surface area contributed by atoms with Crippen LogP contribution in [0.25, 0.3) is 10.9 Å². The minimum Gasteiger partial charge on any atom is -0.385 e. The topological polar surface area (TPSA) is 36.0 Å². The first-order valence-corrected chi connectivity index (χ1v) is 7.50. The number of rotatable bonds is 1. The minimum atomic E-state index is -0.729. The van der Waals surface area contributed by atoms with Crippen molar-refractivity contribution < 1.29 is 5.11 Å². The molecule has 3 rings (SSSR count). The molecule has 2 nitrogen and oxygen atoms in total. The van der Waals surface area contributed by atoms with Gasteiger partial charge in [-0.15, -0.1) is 0 Å². The van der Waals surface area contributed by atoms with Crippen molar-refractivity contribution in [3.05, 3.63) is 36.0 Å². The number of aromatic nitrogens is 1. The van der Waals surface area contributed by atoms with Crippen molar-refractivity contribution >= 4 is 10.9 Å². The molecule has 0 unspecified atom stereocenters. The Hall–Kier alpha value is -1.28. The monoisotopic (exact) mass is 271 g/mol. The summed E-state index contributed by atoms with van der Waals surface area (Å²) in [7, 11) is 0. The number of aromatic amines is 1. The van der Waals surface area contributed by atoms with Crippen LogP contribution in [0.5, 0.6) is 0 Å². The zero-order valence-electron chi connectivity index (χ0n) is 13.0. The van der Waals surface area contributed by atoms with Gasteiger partial charge in [-0.05, 0) is 47.8 Å². The fourth-order valence-electron chi connectivity index (χ4n) is 4.75. The van der Waals surface area contributed by atoms with E-state index in [1.54, 1.807) is 0 Å². The van der Waals surface area contributed by atoms with Crippen molar-refractivity contribution in [2.75, 3.05) is 0 Å². The van der Waals surface area contributed by atoms with Crippen LogP contribution in [0, 0.1) is 10.8 Å². The summed E-state index contributed by atoms with van der Waals surface area (Å²) < 4.78 is 0. The van der Waals surface area contributed by atoms with Gasteiger partial charge in [0, 0.05) is 17.1 Å². The molecule has 1 aliphatic rings. The Bertz CT molecular complexity index is 620. The molecular weight excluding hydrogens is 246 g/mol. The molecule has 1 aromatic heterocycles. The summed E-state index contributed by atoms with van der Waals surface area (Å²) in [5, 5.41) is 12.6. The first-order valence-electron chi connectivity index (χ1n) is 7.50. The lowest BCUT2D eigenvalue weighted by Gasteiger charge is -2.50. The molecule has 0 saturated heterocycles. The van der Waals surface area contributed by atoms with Gasteiger partial charge in [0.1, 0.15) is 0 Å². The van der Waals surface area contributed by atoms with Gasteiger partial charge in [-0.3, -0.25) is 0 Å². The molecule has 1 aliphatic carbocycles. The molecule has 2 aromatic rings.